The fraction of sp³-hybridized carbons (Fsp3) is 0.200. The Kier molecular flexibility index (Phi) is 5.34. The van der Waals surface area contributed by atoms with Crippen molar-refractivity contribution in [1.82, 2.24) is 0 Å². The Balaban J connectivity index is 2.13. The van der Waals surface area contributed by atoms with E-state index in [0.717, 1.165) is 15.2 Å². The van der Waals surface area contributed by atoms with Crippen LogP contribution in [0.1, 0.15) is 24.1 Å². The maximum atomic E-state index is 6.02. The molecule has 0 saturated carbocycles. The smallest absolute Gasteiger partial charge is 0.0406 e. The van der Waals surface area contributed by atoms with Crippen molar-refractivity contribution in [3.63, 3.8) is 0 Å². The van der Waals surface area contributed by atoms with Gasteiger partial charge in [-0.2, -0.15) is 0 Å². The molecule has 1 atom stereocenters. The molecule has 100 valence electrons. The first-order chi connectivity index (χ1) is 9.06. The maximum absolute atomic E-state index is 6.02. The van der Waals surface area contributed by atoms with E-state index < -0.39 is 0 Å². The fourth-order valence-corrected chi connectivity index (χ4v) is 3.34. The molecule has 0 aliphatic heterocycles. The first kappa shape index (κ1) is 14.9. The summed E-state index contributed by atoms with van der Waals surface area (Å²) in [4.78, 5) is 1.23. The number of thioether (sulfide) groups is 1. The number of hydrogen-bond acceptors (Lipinski definition) is 2. The molecule has 0 fully saturated rings. The van der Waals surface area contributed by atoms with Crippen molar-refractivity contribution in [2.45, 2.75) is 23.6 Å². The summed E-state index contributed by atoms with van der Waals surface area (Å²) >= 11 is 11.2. The van der Waals surface area contributed by atoms with Crippen molar-refractivity contribution in [3.8, 4) is 0 Å². The molecule has 0 amide bonds. The molecular formula is C15H15BrClNS. The molecule has 4 heteroatoms. The van der Waals surface area contributed by atoms with E-state index in [1.165, 1.54) is 16.0 Å². The average molecular weight is 357 g/mol. The quantitative estimate of drug-likeness (QED) is 0.741. The molecule has 19 heavy (non-hydrogen) atoms. The van der Waals surface area contributed by atoms with Crippen LogP contribution in [0, 0.1) is 0 Å². The number of halogens is 2. The molecule has 2 rings (SSSR count). The Morgan fingerprint density at radius 1 is 1.21 bits per heavy atom. The van der Waals surface area contributed by atoms with Gasteiger partial charge in [-0.15, -0.1) is 11.8 Å². The van der Waals surface area contributed by atoms with Gasteiger partial charge in [0.1, 0.15) is 0 Å². The Hall–Kier alpha value is -0.480. The largest absolute Gasteiger partial charge is 0.324 e. The van der Waals surface area contributed by atoms with E-state index in [9.17, 15) is 0 Å². The highest BCUT2D eigenvalue weighted by molar-refractivity contribution is 9.10. The molecule has 2 aromatic rings. The normalized spacial score (nSPS) is 12.4. The van der Waals surface area contributed by atoms with Gasteiger partial charge in [-0.25, -0.2) is 0 Å². The predicted molar refractivity (Wildman–Crippen MR) is 87.8 cm³/mol. The molecule has 0 spiro atoms. The summed E-state index contributed by atoms with van der Waals surface area (Å²) < 4.78 is 1.07. The van der Waals surface area contributed by atoms with E-state index in [1.807, 2.05) is 19.1 Å². The molecule has 0 bridgehead atoms. The average Bonchev–Trinajstić information content (AvgIpc) is 2.39. The first-order valence-electron chi connectivity index (χ1n) is 5.98. The number of benzene rings is 2. The Labute approximate surface area is 131 Å². The van der Waals surface area contributed by atoms with E-state index in [4.69, 9.17) is 17.3 Å². The summed E-state index contributed by atoms with van der Waals surface area (Å²) in [6, 6.07) is 14.2. The summed E-state index contributed by atoms with van der Waals surface area (Å²) in [5, 5.41) is 0.772. The Bertz CT molecular complexity index is 555. The number of rotatable bonds is 4. The number of hydrogen-bond donors (Lipinski definition) is 1. The second kappa shape index (κ2) is 6.80. The first-order valence-corrected chi connectivity index (χ1v) is 8.14. The monoisotopic (exact) mass is 355 g/mol. The van der Waals surface area contributed by atoms with Gasteiger partial charge >= 0.3 is 0 Å². The van der Waals surface area contributed by atoms with Crippen LogP contribution in [-0.4, -0.2) is 0 Å². The zero-order chi connectivity index (χ0) is 13.8. The highest BCUT2D eigenvalue weighted by Gasteiger charge is 2.08. The standard InChI is InChI=1S/C15H15BrClNS/c1-10(18)14-8-12(16)4-7-15(14)19-9-11-2-5-13(17)6-3-11/h2-8,10H,9,18H2,1H3. The lowest BCUT2D eigenvalue weighted by Gasteiger charge is -2.13. The van der Waals surface area contributed by atoms with Crippen molar-refractivity contribution in [1.29, 1.82) is 0 Å². The number of nitrogens with two attached hydrogens (primary N) is 1. The molecule has 0 radical (unpaired) electrons. The summed E-state index contributed by atoms with van der Waals surface area (Å²) in [7, 11) is 0. The minimum absolute atomic E-state index is 0.0326. The van der Waals surface area contributed by atoms with Crippen molar-refractivity contribution in [2.75, 3.05) is 0 Å². The van der Waals surface area contributed by atoms with Gasteiger partial charge in [-0.1, -0.05) is 39.7 Å². The van der Waals surface area contributed by atoms with Crippen LogP contribution < -0.4 is 5.73 Å². The third kappa shape index (κ3) is 4.25. The molecule has 2 aromatic carbocycles. The van der Waals surface area contributed by atoms with Crippen LogP contribution in [0.3, 0.4) is 0 Å². The van der Waals surface area contributed by atoms with Crippen LogP contribution in [-0.2, 0) is 5.75 Å². The lowest BCUT2D eigenvalue weighted by molar-refractivity contribution is 0.796. The molecule has 0 saturated heterocycles. The summed E-state index contributed by atoms with van der Waals surface area (Å²) in [6.07, 6.45) is 0. The van der Waals surface area contributed by atoms with Crippen LogP contribution in [0.5, 0.6) is 0 Å². The van der Waals surface area contributed by atoms with Gasteiger partial charge in [0.2, 0.25) is 0 Å². The van der Waals surface area contributed by atoms with Gasteiger partial charge in [0.15, 0.2) is 0 Å². The highest BCUT2D eigenvalue weighted by Crippen LogP contribution is 2.31. The minimum atomic E-state index is 0.0326. The van der Waals surface area contributed by atoms with E-state index in [1.54, 1.807) is 11.8 Å². The van der Waals surface area contributed by atoms with Crippen LogP contribution in [0.25, 0.3) is 0 Å². The lowest BCUT2D eigenvalue weighted by atomic mass is 10.1. The molecule has 0 aromatic heterocycles. The Morgan fingerprint density at radius 3 is 2.53 bits per heavy atom. The van der Waals surface area contributed by atoms with Crippen LogP contribution in [0.2, 0.25) is 5.02 Å². The zero-order valence-corrected chi connectivity index (χ0v) is 13.7. The topological polar surface area (TPSA) is 26.0 Å². The van der Waals surface area contributed by atoms with Crippen molar-refractivity contribution < 1.29 is 0 Å². The van der Waals surface area contributed by atoms with E-state index in [2.05, 4.69) is 46.3 Å². The van der Waals surface area contributed by atoms with Gasteiger partial charge in [-0.05, 0) is 48.4 Å². The van der Waals surface area contributed by atoms with Gasteiger partial charge in [0.05, 0.1) is 0 Å². The van der Waals surface area contributed by atoms with Gasteiger partial charge in [-0.3, -0.25) is 0 Å². The molecule has 0 heterocycles. The molecular weight excluding hydrogens is 342 g/mol. The van der Waals surface area contributed by atoms with Crippen molar-refractivity contribution in [2.24, 2.45) is 5.73 Å². The van der Waals surface area contributed by atoms with Crippen molar-refractivity contribution >= 4 is 39.3 Å². The van der Waals surface area contributed by atoms with E-state index in [0.29, 0.717) is 0 Å². The molecule has 0 aliphatic rings. The summed E-state index contributed by atoms with van der Waals surface area (Å²) in [6.45, 7) is 2.01. The molecule has 0 aliphatic carbocycles. The maximum Gasteiger partial charge on any atom is 0.0406 e. The Morgan fingerprint density at radius 2 is 1.89 bits per heavy atom. The highest BCUT2D eigenvalue weighted by atomic mass is 79.9. The van der Waals surface area contributed by atoms with Gasteiger partial charge in [0.25, 0.3) is 0 Å². The second-order valence-corrected chi connectivity index (χ2v) is 6.76. The van der Waals surface area contributed by atoms with Crippen molar-refractivity contribution in [3.05, 3.63) is 63.1 Å². The lowest BCUT2D eigenvalue weighted by Crippen LogP contribution is -2.06. The van der Waals surface area contributed by atoms with Crippen LogP contribution in [0.15, 0.2) is 51.8 Å². The second-order valence-electron chi connectivity index (χ2n) is 4.39. The summed E-state index contributed by atoms with van der Waals surface area (Å²) in [5.41, 5.74) is 8.45. The zero-order valence-electron chi connectivity index (χ0n) is 10.6. The minimum Gasteiger partial charge on any atom is -0.324 e. The predicted octanol–water partition coefficient (Wildman–Crippen LogP) is 5.41. The van der Waals surface area contributed by atoms with E-state index >= 15 is 0 Å². The molecule has 1 unspecified atom stereocenters. The van der Waals surface area contributed by atoms with E-state index in [-0.39, 0.29) is 6.04 Å². The third-order valence-corrected chi connectivity index (χ3v) is 4.68. The third-order valence-electron chi connectivity index (χ3n) is 2.77. The SMILES string of the molecule is CC(N)c1cc(Br)ccc1SCc1ccc(Cl)cc1. The summed E-state index contributed by atoms with van der Waals surface area (Å²) in [5.74, 6) is 0.915. The fourth-order valence-electron chi connectivity index (χ4n) is 1.75. The molecule has 1 nitrogen and oxygen atoms in total. The van der Waals surface area contributed by atoms with Gasteiger partial charge in [0, 0.05) is 26.2 Å². The van der Waals surface area contributed by atoms with Crippen LogP contribution in [0.4, 0.5) is 0 Å². The van der Waals surface area contributed by atoms with Crippen LogP contribution >= 0.6 is 39.3 Å². The van der Waals surface area contributed by atoms with Gasteiger partial charge < -0.3 is 5.73 Å². The molecule has 2 N–H and O–H groups in total.